The highest BCUT2D eigenvalue weighted by molar-refractivity contribution is 7.98. The zero-order chi connectivity index (χ0) is 26.2. The van der Waals surface area contributed by atoms with Crippen molar-refractivity contribution >= 4 is 40.4 Å². The second-order valence-corrected chi connectivity index (χ2v) is 11.2. The molecule has 1 saturated heterocycles. The van der Waals surface area contributed by atoms with Gasteiger partial charge in [-0.05, 0) is 54.5 Å². The Morgan fingerprint density at radius 3 is 2.82 bits per heavy atom. The van der Waals surface area contributed by atoms with Gasteiger partial charge in [-0.1, -0.05) is 36.4 Å². The van der Waals surface area contributed by atoms with E-state index in [0.717, 1.165) is 52.9 Å². The number of carbonyl (C=O) groups is 3. The molecular weight excluding hydrogens is 500 g/mol. The Kier molecular flexibility index (Phi) is 6.88. The second-order valence-electron chi connectivity index (χ2n) is 10.2. The van der Waals surface area contributed by atoms with Crippen LogP contribution in [-0.4, -0.2) is 71.0 Å². The van der Waals surface area contributed by atoms with Crippen LogP contribution in [0.3, 0.4) is 0 Å². The number of ether oxygens (including phenoxy) is 1. The van der Waals surface area contributed by atoms with Gasteiger partial charge in [-0.3, -0.25) is 14.4 Å². The molecule has 6 rings (SSSR count). The van der Waals surface area contributed by atoms with Gasteiger partial charge in [0.25, 0.3) is 5.91 Å². The van der Waals surface area contributed by atoms with E-state index in [1.807, 2.05) is 48.7 Å². The van der Waals surface area contributed by atoms with Gasteiger partial charge in [-0.25, -0.2) is 0 Å². The summed E-state index contributed by atoms with van der Waals surface area (Å²) in [5, 5.41) is 7.05. The van der Waals surface area contributed by atoms with E-state index < -0.39 is 12.1 Å². The Bertz CT molecular complexity index is 1380. The van der Waals surface area contributed by atoms with Gasteiger partial charge in [0.1, 0.15) is 12.1 Å². The Balaban J connectivity index is 1.30. The Morgan fingerprint density at radius 1 is 1.18 bits per heavy atom. The number of aromatic nitrogens is 1. The molecule has 3 aromatic rings. The highest BCUT2D eigenvalue weighted by atomic mass is 32.2. The predicted molar refractivity (Wildman–Crippen MR) is 147 cm³/mol. The quantitative estimate of drug-likeness (QED) is 0.414. The maximum atomic E-state index is 13.9. The van der Waals surface area contributed by atoms with Crippen molar-refractivity contribution in [3.8, 4) is 0 Å². The highest BCUT2D eigenvalue weighted by Gasteiger charge is 2.49. The molecule has 0 unspecified atom stereocenters. The zero-order valence-electron chi connectivity index (χ0n) is 21.4. The number of para-hydroxylation sites is 1. The lowest BCUT2D eigenvalue weighted by atomic mass is 9.89. The molecule has 1 fully saturated rings. The first-order chi connectivity index (χ1) is 18.6. The average molecular weight is 533 g/mol. The summed E-state index contributed by atoms with van der Waals surface area (Å²) >= 11 is 1.63. The molecular formula is C29H32N4O4S. The van der Waals surface area contributed by atoms with E-state index in [4.69, 9.17) is 4.74 Å². The number of nitrogens with one attached hydrogen (secondary N) is 3. The molecule has 0 radical (unpaired) electrons. The number of rotatable bonds is 8. The van der Waals surface area contributed by atoms with E-state index in [1.54, 1.807) is 16.7 Å². The van der Waals surface area contributed by atoms with Crippen LogP contribution in [0.25, 0.3) is 10.9 Å². The van der Waals surface area contributed by atoms with Gasteiger partial charge in [0, 0.05) is 41.7 Å². The fourth-order valence-electron chi connectivity index (χ4n) is 6.05. The van der Waals surface area contributed by atoms with Gasteiger partial charge in [0.05, 0.1) is 12.1 Å². The maximum Gasteiger partial charge on any atom is 0.255 e. The van der Waals surface area contributed by atoms with E-state index in [-0.39, 0.29) is 29.9 Å². The lowest BCUT2D eigenvalue weighted by molar-refractivity contribution is -0.132. The number of carbonyl (C=O) groups excluding carboxylic acids is 3. The van der Waals surface area contributed by atoms with Gasteiger partial charge in [-0.2, -0.15) is 11.8 Å². The van der Waals surface area contributed by atoms with Crippen LogP contribution in [0.5, 0.6) is 0 Å². The summed E-state index contributed by atoms with van der Waals surface area (Å²) < 4.78 is 5.64. The van der Waals surface area contributed by atoms with Gasteiger partial charge in [0.15, 0.2) is 0 Å². The number of hydrogen-bond donors (Lipinski definition) is 3. The standard InChI is InChI=1S/C29H32N4O4S/c1-38-14-12-23(27(34)30-16-17-7-6-13-37-17)32-28(35)24-15-21-18-8-4-5-11-22(18)31-25(21)26-19-9-2-3-10-20(19)29(36)33(24)26/h2-5,8-11,17,23-24,26,31H,6-7,12-16H2,1H3,(H,30,34)(H,32,35)/t17-,23+,24+,26+/m1/s1. The number of fused-ring (bicyclic) bond motifs is 7. The molecule has 3 aliphatic heterocycles. The molecule has 3 aliphatic rings. The number of benzene rings is 2. The van der Waals surface area contributed by atoms with E-state index in [9.17, 15) is 14.4 Å². The summed E-state index contributed by atoms with van der Waals surface area (Å²) in [5.41, 5.74) is 4.52. The zero-order valence-corrected chi connectivity index (χ0v) is 22.2. The third kappa shape index (κ3) is 4.37. The maximum absolute atomic E-state index is 13.9. The van der Waals surface area contributed by atoms with E-state index in [2.05, 4.69) is 21.7 Å². The van der Waals surface area contributed by atoms with E-state index in [0.29, 0.717) is 24.9 Å². The van der Waals surface area contributed by atoms with Crippen LogP contribution in [0, 0.1) is 0 Å². The molecule has 3 N–H and O–H groups in total. The summed E-state index contributed by atoms with van der Waals surface area (Å²) in [4.78, 5) is 46.0. The van der Waals surface area contributed by atoms with Crippen LogP contribution in [0.4, 0.5) is 0 Å². The summed E-state index contributed by atoms with van der Waals surface area (Å²) in [7, 11) is 0. The monoisotopic (exact) mass is 532 g/mol. The second kappa shape index (κ2) is 10.5. The summed E-state index contributed by atoms with van der Waals surface area (Å²) in [6.07, 6.45) is 4.82. The molecule has 1 aromatic heterocycles. The van der Waals surface area contributed by atoms with Crippen LogP contribution >= 0.6 is 11.8 Å². The first-order valence-electron chi connectivity index (χ1n) is 13.3. The van der Waals surface area contributed by atoms with Crippen molar-refractivity contribution in [3.05, 3.63) is 70.9 Å². The molecule has 198 valence electrons. The molecule has 4 heterocycles. The minimum absolute atomic E-state index is 0.0240. The molecule has 0 spiro atoms. The van der Waals surface area contributed by atoms with Crippen LogP contribution in [0.2, 0.25) is 0 Å². The first-order valence-corrected chi connectivity index (χ1v) is 14.7. The van der Waals surface area contributed by atoms with Crippen molar-refractivity contribution in [3.63, 3.8) is 0 Å². The Hall–Kier alpha value is -3.30. The van der Waals surface area contributed by atoms with Gasteiger partial charge in [-0.15, -0.1) is 0 Å². The average Bonchev–Trinajstić information content (AvgIpc) is 3.66. The van der Waals surface area contributed by atoms with Crippen LogP contribution in [0.1, 0.15) is 52.5 Å². The molecule has 0 saturated carbocycles. The molecule has 4 atom stereocenters. The highest BCUT2D eigenvalue weighted by Crippen LogP contribution is 2.46. The largest absolute Gasteiger partial charge is 0.376 e. The van der Waals surface area contributed by atoms with Gasteiger partial charge < -0.3 is 25.3 Å². The fraction of sp³-hybridized carbons (Fsp3) is 0.414. The normalized spacial score (nSPS) is 22.6. The van der Waals surface area contributed by atoms with Crippen LogP contribution in [0.15, 0.2) is 48.5 Å². The molecule has 0 bridgehead atoms. The third-order valence-electron chi connectivity index (χ3n) is 7.93. The summed E-state index contributed by atoms with van der Waals surface area (Å²) in [5.74, 6) is 0.0646. The van der Waals surface area contributed by atoms with Crippen molar-refractivity contribution in [1.82, 2.24) is 20.5 Å². The van der Waals surface area contributed by atoms with Crippen molar-refractivity contribution in [2.75, 3.05) is 25.2 Å². The van der Waals surface area contributed by atoms with Crippen LogP contribution in [-0.2, 0) is 20.7 Å². The molecule has 38 heavy (non-hydrogen) atoms. The topological polar surface area (TPSA) is 104 Å². The number of hydrogen-bond acceptors (Lipinski definition) is 5. The fourth-order valence-corrected chi connectivity index (χ4v) is 6.52. The number of amides is 3. The first kappa shape index (κ1) is 25.0. The third-order valence-corrected chi connectivity index (χ3v) is 8.57. The Labute approximate surface area is 225 Å². The number of thioether (sulfide) groups is 1. The number of nitrogens with zero attached hydrogens (tertiary/aromatic N) is 1. The molecule has 9 heteroatoms. The Morgan fingerprint density at radius 2 is 2.00 bits per heavy atom. The van der Waals surface area contributed by atoms with Gasteiger partial charge >= 0.3 is 0 Å². The molecule has 8 nitrogen and oxygen atoms in total. The molecule has 2 aromatic carbocycles. The van der Waals surface area contributed by atoms with Crippen LogP contribution < -0.4 is 10.6 Å². The van der Waals surface area contributed by atoms with E-state index >= 15 is 0 Å². The molecule has 3 amide bonds. The number of aromatic amines is 1. The van der Waals surface area contributed by atoms with Crippen molar-refractivity contribution in [1.29, 1.82) is 0 Å². The van der Waals surface area contributed by atoms with Gasteiger partial charge in [0.2, 0.25) is 11.8 Å². The van der Waals surface area contributed by atoms with Crippen molar-refractivity contribution < 1.29 is 19.1 Å². The predicted octanol–water partition coefficient (Wildman–Crippen LogP) is 3.17. The summed E-state index contributed by atoms with van der Waals surface area (Å²) in [6, 6.07) is 13.8. The minimum Gasteiger partial charge on any atom is -0.376 e. The minimum atomic E-state index is -0.727. The lowest BCUT2D eigenvalue weighted by Gasteiger charge is -2.37. The number of H-pyrrole nitrogens is 1. The van der Waals surface area contributed by atoms with E-state index in [1.165, 1.54) is 0 Å². The smallest absolute Gasteiger partial charge is 0.255 e. The molecule has 0 aliphatic carbocycles. The van der Waals surface area contributed by atoms with Crippen molar-refractivity contribution in [2.45, 2.75) is 49.9 Å². The summed E-state index contributed by atoms with van der Waals surface area (Å²) in [6.45, 7) is 1.16. The van der Waals surface area contributed by atoms with Crippen molar-refractivity contribution in [2.24, 2.45) is 0 Å². The SMILES string of the molecule is CSCC[C@H](NC(=O)[C@@H]1Cc2c([nH]c3ccccc23)[C@@H]2c3ccccc3C(=O)N21)C(=O)NC[C@H]1CCCO1. The lowest BCUT2D eigenvalue weighted by Crippen LogP contribution is -2.57.